The third-order valence-corrected chi connectivity index (χ3v) is 3.32. The maximum atomic E-state index is 12.1. The van der Waals surface area contributed by atoms with Crippen molar-refractivity contribution in [1.29, 1.82) is 0 Å². The van der Waals surface area contributed by atoms with E-state index in [0.717, 1.165) is 9.15 Å². The summed E-state index contributed by atoms with van der Waals surface area (Å²) in [6.07, 6.45) is 4.49. The largest absolute Gasteiger partial charge is 0.350 e. The zero-order valence-corrected chi connectivity index (χ0v) is 11.8. The topological polar surface area (TPSA) is 69.3 Å². The number of Topliss-reactive ketones (excluding diaryl/α,β-unsaturated/α-hetero) is 1. The molecule has 0 saturated heterocycles. The maximum Gasteiger partial charge on any atom is 0.350 e. The second-order valence-corrected chi connectivity index (χ2v) is 5.09. The molecule has 0 unspecified atom stereocenters. The summed E-state index contributed by atoms with van der Waals surface area (Å²) in [6.45, 7) is -0.100. The second kappa shape index (κ2) is 5.01. The van der Waals surface area contributed by atoms with Crippen LogP contribution in [-0.2, 0) is 6.54 Å². The Morgan fingerprint density at radius 3 is 2.95 bits per heavy atom. The van der Waals surface area contributed by atoms with Crippen LogP contribution in [0.15, 0.2) is 52.1 Å². The zero-order valence-electron chi connectivity index (χ0n) is 10.2. The van der Waals surface area contributed by atoms with Gasteiger partial charge in [0.15, 0.2) is 11.4 Å². The highest BCUT2D eigenvalue weighted by molar-refractivity contribution is 9.10. The van der Waals surface area contributed by atoms with Gasteiger partial charge >= 0.3 is 5.69 Å². The highest BCUT2D eigenvalue weighted by Crippen LogP contribution is 2.12. The molecule has 1 aromatic carbocycles. The molecule has 6 nitrogen and oxygen atoms in total. The summed E-state index contributed by atoms with van der Waals surface area (Å²) in [5.41, 5.74) is 0.590. The normalized spacial score (nSPS) is 10.8. The van der Waals surface area contributed by atoms with Crippen LogP contribution in [0.5, 0.6) is 0 Å². The van der Waals surface area contributed by atoms with E-state index in [2.05, 4.69) is 26.0 Å². The van der Waals surface area contributed by atoms with Gasteiger partial charge in [-0.2, -0.15) is 0 Å². The van der Waals surface area contributed by atoms with Crippen LogP contribution in [0.3, 0.4) is 0 Å². The van der Waals surface area contributed by atoms with Gasteiger partial charge in [0.25, 0.3) is 0 Å². The van der Waals surface area contributed by atoms with Crippen molar-refractivity contribution in [2.45, 2.75) is 6.54 Å². The Morgan fingerprint density at radius 1 is 1.35 bits per heavy atom. The van der Waals surface area contributed by atoms with E-state index in [1.807, 2.05) is 6.07 Å². The van der Waals surface area contributed by atoms with Crippen LogP contribution in [0.25, 0.3) is 5.65 Å². The van der Waals surface area contributed by atoms with Crippen LogP contribution in [0.1, 0.15) is 10.4 Å². The number of carbonyl (C=O) groups excluding carboxylic acids is 1. The Balaban J connectivity index is 1.95. The van der Waals surface area contributed by atoms with Gasteiger partial charge in [0, 0.05) is 22.4 Å². The Hall–Kier alpha value is -2.28. The molecule has 2 aromatic heterocycles. The summed E-state index contributed by atoms with van der Waals surface area (Å²) in [4.78, 5) is 28.1. The van der Waals surface area contributed by atoms with Gasteiger partial charge in [0.2, 0.25) is 0 Å². The lowest BCUT2D eigenvalue weighted by Crippen LogP contribution is -2.25. The number of halogens is 1. The standard InChI is InChI=1S/C13H9BrN4O2/c14-10-3-1-2-9(6-10)11(19)8-18-13(20)17-5-4-15-7-12(17)16-18/h1-7H,8H2. The first kappa shape index (κ1) is 12.7. The lowest BCUT2D eigenvalue weighted by molar-refractivity contribution is 0.0966. The summed E-state index contributed by atoms with van der Waals surface area (Å²) >= 11 is 3.31. The number of hydrogen-bond acceptors (Lipinski definition) is 4. The van der Waals surface area contributed by atoms with Crippen molar-refractivity contribution in [3.63, 3.8) is 0 Å². The van der Waals surface area contributed by atoms with Crippen LogP contribution in [0.2, 0.25) is 0 Å². The minimum atomic E-state index is -0.356. The minimum Gasteiger partial charge on any atom is -0.292 e. The van der Waals surface area contributed by atoms with E-state index in [1.165, 1.54) is 23.0 Å². The van der Waals surface area contributed by atoms with Gasteiger partial charge in [-0.15, -0.1) is 5.10 Å². The first-order valence-corrected chi connectivity index (χ1v) is 6.62. The number of ketones is 1. The van der Waals surface area contributed by atoms with Crippen LogP contribution < -0.4 is 5.69 Å². The summed E-state index contributed by atoms with van der Waals surface area (Å²) < 4.78 is 3.30. The number of rotatable bonds is 3. The van der Waals surface area contributed by atoms with Gasteiger partial charge in [-0.3, -0.25) is 9.78 Å². The van der Waals surface area contributed by atoms with Crippen molar-refractivity contribution in [1.82, 2.24) is 19.2 Å². The molecular weight excluding hydrogens is 324 g/mol. The van der Waals surface area contributed by atoms with E-state index >= 15 is 0 Å². The molecule has 100 valence electrons. The molecule has 3 rings (SSSR count). The average Bonchev–Trinajstić information content (AvgIpc) is 2.76. The maximum absolute atomic E-state index is 12.1. The number of benzene rings is 1. The van der Waals surface area contributed by atoms with E-state index in [-0.39, 0.29) is 18.0 Å². The van der Waals surface area contributed by atoms with E-state index in [4.69, 9.17) is 0 Å². The van der Waals surface area contributed by atoms with Crippen molar-refractivity contribution in [2.24, 2.45) is 0 Å². The second-order valence-electron chi connectivity index (χ2n) is 4.18. The number of nitrogens with zero attached hydrogens (tertiary/aromatic N) is 4. The summed E-state index contributed by atoms with van der Waals surface area (Å²) in [6, 6.07) is 7.02. The molecule has 0 fully saturated rings. The predicted molar refractivity (Wildman–Crippen MR) is 75.7 cm³/mol. The van der Waals surface area contributed by atoms with Gasteiger partial charge in [-0.25, -0.2) is 13.9 Å². The SMILES string of the molecule is O=C(Cn1nc2cnccn2c1=O)c1cccc(Br)c1. The van der Waals surface area contributed by atoms with Gasteiger partial charge in [-0.1, -0.05) is 28.1 Å². The Kier molecular flexibility index (Phi) is 3.19. The van der Waals surface area contributed by atoms with E-state index in [9.17, 15) is 9.59 Å². The molecule has 0 bridgehead atoms. The molecule has 0 spiro atoms. The van der Waals surface area contributed by atoms with Gasteiger partial charge in [0.05, 0.1) is 6.20 Å². The molecule has 0 aliphatic carbocycles. The zero-order chi connectivity index (χ0) is 14.1. The molecule has 0 aliphatic heterocycles. The van der Waals surface area contributed by atoms with E-state index < -0.39 is 0 Å². The molecule has 20 heavy (non-hydrogen) atoms. The average molecular weight is 333 g/mol. The van der Waals surface area contributed by atoms with Crippen LogP contribution in [0.4, 0.5) is 0 Å². The van der Waals surface area contributed by atoms with Crippen molar-refractivity contribution in [3.8, 4) is 0 Å². The van der Waals surface area contributed by atoms with E-state index in [1.54, 1.807) is 18.2 Å². The van der Waals surface area contributed by atoms with Crippen LogP contribution in [-0.4, -0.2) is 24.9 Å². The predicted octanol–water partition coefficient (Wildman–Crippen LogP) is 1.54. The summed E-state index contributed by atoms with van der Waals surface area (Å²) in [5.74, 6) is -0.176. The Bertz CT molecular complexity index is 853. The van der Waals surface area contributed by atoms with Gasteiger partial charge in [-0.05, 0) is 12.1 Å². The van der Waals surface area contributed by atoms with Crippen LogP contribution >= 0.6 is 15.9 Å². The summed E-state index contributed by atoms with van der Waals surface area (Å²) in [7, 11) is 0. The molecule has 0 amide bonds. The van der Waals surface area contributed by atoms with Crippen LogP contribution in [0, 0.1) is 0 Å². The monoisotopic (exact) mass is 332 g/mol. The first-order valence-electron chi connectivity index (χ1n) is 5.83. The quantitative estimate of drug-likeness (QED) is 0.682. The molecule has 7 heteroatoms. The highest BCUT2D eigenvalue weighted by Gasteiger charge is 2.12. The fourth-order valence-corrected chi connectivity index (χ4v) is 2.27. The minimum absolute atomic E-state index is 0.100. The van der Waals surface area contributed by atoms with E-state index in [0.29, 0.717) is 11.2 Å². The number of hydrogen-bond donors (Lipinski definition) is 0. The Morgan fingerprint density at radius 2 is 2.20 bits per heavy atom. The van der Waals surface area contributed by atoms with Crippen molar-refractivity contribution in [3.05, 3.63) is 63.4 Å². The molecule has 0 N–H and O–H groups in total. The molecule has 0 aliphatic rings. The smallest absolute Gasteiger partial charge is 0.292 e. The summed E-state index contributed by atoms with van der Waals surface area (Å²) in [5, 5.41) is 4.07. The first-order chi connectivity index (χ1) is 9.65. The highest BCUT2D eigenvalue weighted by atomic mass is 79.9. The van der Waals surface area contributed by atoms with Gasteiger partial charge in [0.1, 0.15) is 6.54 Å². The van der Waals surface area contributed by atoms with Crippen molar-refractivity contribution < 1.29 is 4.79 Å². The molecule has 2 heterocycles. The lowest BCUT2D eigenvalue weighted by Gasteiger charge is -2.00. The number of aromatic nitrogens is 4. The van der Waals surface area contributed by atoms with Crippen molar-refractivity contribution in [2.75, 3.05) is 0 Å². The number of fused-ring (bicyclic) bond motifs is 1. The van der Waals surface area contributed by atoms with Crippen molar-refractivity contribution >= 4 is 27.4 Å². The third kappa shape index (κ3) is 2.27. The fraction of sp³-hybridized carbons (Fsp3) is 0.0769. The Labute approximate surface area is 121 Å². The molecular formula is C13H9BrN4O2. The molecule has 0 saturated carbocycles. The molecule has 0 radical (unpaired) electrons. The lowest BCUT2D eigenvalue weighted by atomic mass is 10.1. The fourth-order valence-electron chi connectivity index (χ4n) is 1.87. The molecule has 3 aromatic rings. The molecule has 0 atom stereocenters. The number of carbonyl (C=O) groups is 1. The van der Waals surface area contributed by atoms with Gasteiger partial charge < -0.3 is 0 Å². The third-order valence-electron chi connectivity index (χ3n) is 2.83.